The average Bonchev–Trinajstić information content (AvgIpc) is 3.34. The molecule has 2 saturated heterocycles. The molecule has 4 rings (SSSR count). The Hall–Kier alpha value is -1.22. The van der Waals surface area contributed by atoms with Crippen molar-refractivity contribution in [3.8, 4) is 0 Å². The molecular formula is C20H20Cl2O6. The van der Waals surface area contributed by atoms with Crippen LogP contribution < -0.4 is 0 Å². The number of aliphatic hydroxyl groups excluding tert-OH is 2. The van der Waals surface area contributed by atoms with Crippen LogP contribution in [0, 0.1) is 0 Å². The van der Waals surface area contributed by atoms with E-state index in [1.807, 2.05) is 18.2 Å². The maximum atomic E-state index is 10.2. The number of benzene rings is 2. The average molecular weight is 427 g/mol. The zero-order valence-electron chi connectivity index (χ0n) is 14.8. The molecule has 2 heterocycles. The van der Waals surface area contributed by atoms with Gasteiger partial charge < -0.3 is 29.2 Å². The summed E-state index contributed by atoms with van der Waals surface area (Å²) in [6.07, 6.45) is -4.34. The Morgan fingerprint density at radius 1 is 0.929 bits per heavy atom. The van der Waals surface area contributed by atoms with Gasteiger partial charge in [-0.1, -0.05) is 47.5 Å². The molecule has 6 atom stereocenters. The van der Waals surface area contributed by atoms with E-state index >= 15 is 0 Å². The summed E-state index contributed by atoms with van der Waals surface area (Å²) in [4.78, 5) is 0. The molecule has 2 aliphatic heterocycles. The Balaban J connectivity index is 1.51. The molecule has 2 aliphatic rings. The first-order chi connectivity index (χ1) is 13.5. The minimum absolute atomic E-state index is 0.252. The zero-order valence-corrected chi connectivity index (χ0v) is 16.3. The Bertz CT molecular complexity index is 819. The van der Waals surface area contributed by atoms with Crippen molar-refractivity contribution in [3.05, 3.63) is 69.7 Å². The van der Waals surface area contributed by atoms with Crippen molar-refractivity contribution < 1.29 is 29.2 Å². The van der Waals surface area contributed by atoms with E-state index in [1.165, 1.54) is 0 Å². The highest BCUT2D eigenvalue weighted by Crippen LogP contribution is 2.39. The van der Waals surface area contributed by atoms with Crippen LogP contribution in [0.25, 0.3) is 0 Å². The second-order valence-electron chi connectivity index (χ2n) is 6.73. The summed E-state index contributed by atoms with van der Waals surface area (Å²) < 4.78 is 23.7. The summed E-state index contributed by atoms with van der Waals surface area (Å²) >= 11 is 12.1. The van der Waals surface area contributed by atoms with Crippen LogP contribution in [0.15, 0.2) is 48.5 Å². The molecule has 0 amide bonds. The Morgan fingerprint density at radius 2 is 1.57 bits per heavy atom. The molecule has 2 fully saturated rings. The lowest BCUT2D eigenvalue weighted by atomic mass is 10.0. The molecule has 0 aromatic heterocycles. The highest BCUT2D eigenvalue weighted by molar-refractivity contribution is 6.30. The van der Waals surface area contributed by atoms with Gasteiger partial charge in [0.2, 0.25) is 0 Å². The van der Waals surface area contributed by atoms with Crippen LogP contribution in [0.4, 0.5) is 0 Å². The van der Waals surface area contributed by atoms with E-state index in [-0.39, 0.29) is 6.61 Å². The first-order valence-electron chi connectivity index (χ1n) is 8.93. The van der Waals surface area contributed by atoms with E-state index in [0.717, 1.165) is 11.1 Å². The molecule has 6 nitrogen and oxygen atoms in total. The zero-order chi connectivity index (χ0) is 19.7. The summed E-state index contributed by atoms with van der Waals surface area (Å²) in [5, 5.41) is 20.8. The largest absolute Gasteiger partial charge is 0.394 e. The summed E-state index contributed by atoms with van der Waals surface area (Å²) in [6.45, 7) is -0.208. The third-order valence-corrected chi connectivity index (χ3v) is 5.24. The van der Waals surface area contributed by atoms with Crippen molar-refractivity contribution in [2.24, 2.45) is 0 Å². The quantitative estimate of drug-likeness (QED) is 0.763. The second kappa shape index (κ2) is 8.65. The molecule has 150 valence electrons. The van der Waals surface area contributed by atoms with E-state index < -0.39 is 43.6 Å². The van der Waals surface area contributed by atoms with Crippen LogP contribution in [0.1, 0.15) is 23.7 Å². The number of rotatable bonds is 5. The van der Waals surface area contributed by atoms with Crippen LogP contribution in [-0.2, 0) is 18.9 Å². The first-order valence-corrected chi connectivity index (χ1v) is 9.68. The van der Waals surface area contributed by atoms with Gasteiger partial charge in [0.25, 0.3) is 0 Å². The number of aliphatic hydroxyl groups is 2. The van der Waals surface area contributed by atoms with Crippen molar-refractivity contribution in [2.75, 3.05) is 13.2 Å². The van der Waals surface area contributed by atoms with Gasteiger partial charge in [0.15, 0.2) is 12.6 Å². The van der Waals surface area contributed by atoms with Crippen molar-refractivity contribution in [1.29, 1.82) is 0 Å². The topological polar surface area (TPSA) is 77.4 Å². The lowest BCUT2D eigenvalue weighted by molar-refractivity contribution is -0.107. The van der Waals surface area contributed by atoms with Gasteiger partial charge in [0.05, 0.1) is 13.2 Å². The standard InChI is InChI=1S/C20H20Cl2O6/c21-13-5-1-3-11(7-13)19-25-10-16(26-19)18-17(15(24)9-23)27-20(28-18)12-4-2-6-14(22)8-12/h1-8,15-20,23-24H,9-10H2/t15-,16+,17+,18+,19?,20?/m1/s1. The molecule has 0 radical (unpaired) electrons. The SMILES string of the molecule is OC[C@@H](O)[C@@H]1OC(c2cccc(Cl)c2)O[C@H]1[C@@H]1COC(c2cccc(Cl)c2)O1. The van der Waals surface area contributed by atoms with Crippen LogP contribution in [0.3, 0.4) is 0 Å². The number of hydrogen-bond donors (Lipinski definition) is 2. The van der Waals surface area contributed by atoms with Gasteiger partial charge in [-0.15, -0.1) is 0 Å². The Kier molecular flexibility index (Phi) is 6.20. The van der Waals surface area contributed by atoms with E-state index in [1.54, 1.807) is 30.3 Å². The first kappa shape index (κ1) is 20.1. The van der Waals surface area contributed by atoms with E-state index in [4.69, 9.17) is 42.1 Å². The third kappa shape index (κ3) is 4.20. The molecule has 2 aromatic carbocycles. The lowest BCUT2D eigenvalue weighted by Gasteiger charge is -2.24. The van der Waals surface area contributed by atoms with Crippen LogP contribution >= 0.6 is 23.2 Å². The molecule has 28 heavy (non-hydrogen) atoms. The summed E-state index contributed by atoms with van der Waals surface area (Å²) in [5.41, 5.74) is 1.51. The van der Waals surface area contributed by atoms with Gasteiger partial charge in [-0.05, 0) is 24.3 Å². The van der Waals surface area contributed by atoms with Gasteiger partial charge in [-0.2, -0.15) is 0 Å². The monoisotopic (exact) mass is 426 g/mol. The molecule has 0 saturated carbocycles. The van der Waals surface area contributed by atoms with Crippen LogP contribution in [0.2, 0.25) is 10.0 Å². The summed E-state index contributed by atoms with van der Waals surface area (Å²) in [5.74, 6) is 0. The second-order valence-corrected chi connectivity index (χ2v) is 7.61. The molecule has 0 spiro atoms. The van der Waals surface area contributed by atoms with Gasteiger partial charge >= 0.3 is 0 Å². The molecule has 8 heteroatoms. The van der Waals surface area contributed by atoms with Crippen molar-refractivity contribution in [2.45, 2.75) is 37.0 Å². The maximum absolute atomic E-state index is 10.2. The smallest absolute Gasteiger partial charge is 0.185 e. The van der Waals surface area contributed by atoms with Gasteiger partial charge in [-0.25, -0.2) is 0 Å². The predicted molar refractivity (Wildman–Crippen MR) is 102 cm³/mol. The van der Waals surface area contributed by atoms with Crippen LogP contribution in [-0.4, -0.2) is 47.8 Å². The minimum Gasteiger partial charge on any atom is -0.394 e. The van der Waals surface area contributed by atoms with Crippen molar-refractivity contribution in [1.82, 2.24) is 0 Å². The fourth-order valence-electron chi connectivity index (χ4n) is 3.42. The molecule has 2 aromatic rings. The van der Waals surface area contributed by atoms with Crippen molar-refractivity contribution in [3.63, 3.8) is 0 Å². The van der Waals surface area contributed by atoms with Crippen LogP contribution in [0.5, 0.6) is 0 Å². The highest BCUT2D eigenvalue weighted by Gasteiger charge is 2.48. The molecule has 0 aliphatic carbocycles. The van der Waals surface area contributed by atoms with E-state index in [9.17, 15) is 10.2 Å². The third-order valence-electron chi connectivity index (χ3n) is 4.77. The number of ether oxygens (including phenoxy) is 4. The molecule has 2 unspecified atom stereocenters. The summed E-state index contributed by atoms with van der Waals surface area (Å²) in [6, 6.07) is 14.3. The van der Waals surface area contributed by atoms with Gasteiger partial charge in [-0.3, -0.25) is 0 Å². The van der Waals surface area contributed by atoms with Gasteiger partial charge in [0.1, 0.15) is 24.4 Å². The van der Waals surface area contributed by atoms with Gasteiger partial charge in [0, 0.05) is 21.2 Å². The van der Waals surface area contributed by atoms with Crippen molar-refractivity contribution >= 4 is 23.2 Å². The minimum atomic E-state index is -1.12. The number of hydrogen-bond acceptors (Lipinski definition) is 6. The maximum Gasteiger partial charge on any atom is 0.185 e. The Labute approximate surface area is 172 Å². The predicted octanol–water partition coefficient (Wildman–Crippen LogP) is 3.24. The van der Waals surface area contributed by atoms with E-state index in [2.05, 4.69) is 0 Å². The number of halogens is 2. The Morgan fingerprint density at radius 3 is 2.18 bits per heavy atom. The lowest BCUT2D eigenvalue weighted by Crippen LogP contribution is -2.44. The molecule has 0 bridgehead atoms. The molecular weight excluding hydrogens is 407 g/mol. The summed E-state index contributed by atoms with van der Waals surface area (Å²) in [7, 11) is 0. The highest BCUT2D eigenvalue weighted by atomic mass is 35.5. The van der Waals surface area contributed by atoms with E-state index in [0.29, 0.717) is 10.0 Å². The molecule has 2 N–H and O–H groups in total. The fourth-order valence-corrected chi connectivity index (χ4v) is 3.81. The normalized spacial score (nSPS) is 31.2. The fraction of sp³-hybridized carbons (Fsp3) is 0.400.